The number of aromatic nitrogens is 1. The Bertz CT molecular complexity index is 439. The smallest absolute Gasteiger partial charge is 0.355 e. The molecule has 0 aromatic carbocycles. The Balaban J connectivity index is 2.01. The van der Waals surface area contributed by atoms with Gasteiger partial charge in [0.15, 0.2) is 10.8 Å². The summed E-state index contributed by atoms with van der Waals surface area (Å²) in [6.07, 6.45) is 7.21. The molecule has 1 aliphatic carbocycles. The summed E-state index contributed by atoms with van der Waals surface area (Å²) in [4.78, 5) is 15.8. The van der Waals surface area contributed by atoms with Crippen LogP contribution in [0.2, 0.25) is 0 Å². The van der Waals surface area contributed by atoms with Crippen LogP contribution in [0.15, 0.2) is 0 Å². The summed E-state index contributed by atoms with van der Waals surface area (Å²) in [5, 5.41) is 13.0. The van der Waals surface area contributed by atoms with Crippen molar-refractivity contribution in [2.75, 3.05) is 18.1 Å². The first-order valence-electron chi connectivity index (χ1n) is 6.06. The van der Waals surface area contributed by atoms with Crippen LogP contribution >= 0.6 is 23.1 Å². The van der Waals surface area contributed by atoms with E-state index in [1.807, 2.05) is 11.8 Å². The van der Waals surface area contributed by atoms with Gasteiger partial charge in [-0.1, -0.05) is 12.8 Å². The van der Waals surface area contributed by atoms with Crippen molar-refractivity contribution in [1.29, 1.82) is 0 Å². The van der Waals surface area contributed by atoms with E-state index in [-0.39, 0.29) is 5.69 Å². The first kappa shape index (κ1) is 13.7. The maximum Gasteiger partial charge on any atom is 0.355 e. The first-order valence-corrected chi connectivity index (χ1v) is 8.10. The van der Waals surface area contributed by atoms with Crippen LogP contribution in [-0.2, 0) is 0 Å². The van der Waals surface area contributed by atoms with Gasteiger partial charge in [-0.3, -0.25) is 0 Å². The third kappa shape index (κ3) is 2.80. The maximum atomic E-state index is 10.9. The predicted octanol–water partition coefficient (Wildman–Crippen LogP) is 3.24. The molecule has 0 amide bonds. The van der Waals surface area contributed by atoms with Crippen molar-refractivity contribution in [2.45, 2.75) is 37.4 Å². The second-order valence-electron chi connectivity index (χ2n) is 4.68. The monoisotopic (exact) mass is 286 g/mol. The van der Waals surface area contributed by atoms with Crippen LogP contribution in [0.5, 0.6) is 0 Å². The van der Waals surface area contributed by atoms with Crippen molar-refractivity contribution < 1.29 is 9.90 Å². The lowest BCUT2D eigenvalue weighted by atomic mass is 10.1. The molecule has 18 heavy (non-hydrogen) atoms. The number of aryl methyl sites for hydroxylation is 1. The average Bonchev–Trinajstić information content (AvgIpc) is 2.94. The fourth-order valence-corrected chi connectivity index (χ4v) is 4.09. The molecule has 0 bridgehead atoms. The number of thiazole rings is 1. The van der Waals surface area contributed by atoms with Crippen LogP contribution < -0.4 is 5.32 Å². The van der Waals surface area contributed by atoms with Gasteiger partial charge in [0.1, 0.15) is 0 Å². The predicted molar refractivity (Wildman–Crippen MR) is 77.0 cm³/mol. The molecule has 1 aliphatic rings. The van der Waals surface area contributed by atoms with Crippen LogP contribution in [0.25, 0.3) is 0 Å². The first-order chi connectivity index (χ1) is 8.56. The van der Waals surface area contributed by atoms with Gasteiger partial charge in [-0.15, -0.1) is 11.3 Å². The van der Waals surface area contributed by atoms with Gasteiger partial charge in [-0.05, 0) is 26.0 Å². The third-order valence-electron chi connectivity index (χ3n) is 3.51. The molecule has 0 radical (unpaired) electrons. The summed E-state index contributed by atoms with van der Waals surface area (Å²) < 4.78 is 0.308. The minimum atomic E-state index is -0.947. The Morgan fingerprint density at radius 2 is 2.22 bits per heavy atom. The summed E-state index contributed by atoms with van der Waals surface area (Å²) in [6, 6.07) is 0. The van der Waals surface area contributed by atoms with E-state index in [9.17, 15) is 4.79 Å². The molecular weight excluding hydrogens is 268 g/mol. The molecule has 1 aromatic rings. The van der Waals surface area contributed by atoms with Crippen LogP contribution in [-0.4, -0.2) is 33.6 Å². The van der Waals surface area contributed by atoms with Gasteiger partial charge in [-0.25, -0.2) is 9.78 Å². The van der Waals surface area contributed by atoms with E-state index in [4.69, 9.17) is 5.11 Å². The highest BCUT2D eigenvalue weighted by Gasteiger charge is 2.33. The number of carboxylic acid groups (broad SMARTS) is 1. The summed E-state index contributed by atoms with van der Waals surface area (Å²) in [5.41, 5.74) is 0.173. The molecule has 0 unspecified atom stereocenters. The van der Waals surface area contributed by atoms with Gasteiger partial charge < -0.3 is 10.4 Å². The standard InChI is InChI=1S/C12H18N2O2S2/c1-8-9(10(15)16)14-11(18-8)13-7-12(17-2)5-3-4-6-12/h3-7H2,1-2H3,(H,13,14)(H,15,16). The number of hydrogen-bond acceptors (Lipinski definition) is 5. The van der Waals surface area contributed by atoms with E-state index >= 15 is 0 Å². The SMILES string of the molecule is CSC1(CNc2nc(C(=O)O)c(C)s2)CCCC1. The van der Waals surface area contributed by atoms with Gasteiger partial charge in [0, 0.05) is 16.2 Å². The Morgan fingerprint density at radius 1 is 1.56 bits per heavy atom. The van der Waals surface area contributed by atoms with E-state index in [1.54, 1.807) is 6.92 Å². The van der Waals surface area contributed by atoms with Gasteiger partial charge in [-0.2, -0.15) is 11.8 Å². The van der Waals surface area contributed by atoms with E-state index in [0.717, 1.165) is 16.6 Å². The van der Waals surface area contributed by atoms with Crippen LogP contribution in [0.1, 0.15) is 41.0 Å². The molecule has 0 saturated heterocycles. The molecule has 4 nitrogen and oxygen atoms in total. The Labute approximate surface area is 115 Å². The van der Waals surface area contributed by atoms with Crippen molar-refractivity contribution in [3.63, 3.8) is 0 Å². The number of carboxylic acids is 1. The number of thioether (sulfide) groups is 1. The summed E-state index contributed by atoms with van der Waals surface area (Å²) >= 11 is 3.34. The normalized spacial score (nSPS) is 17.9. The zero-order valence-electron chi connectivity index (χ0n) is 10.7. The number of anilines is 1. The van der Waals surface area contributed by atoms with Crippen molar-refractivity contribution in [2.24, 2.45) is 0 Å². The van der Waals surface area contributed by atoms with E-state index in [1.165, 1.54) is 37.0 Å². The Hall–Kier alpha value is -0.750. The Kier molecular flexibility index (Phi) is 4.17. The quantitative estimate of drug-likeness (QED) is 0.870. The minimum absolute atomic E-state index is 0.173. The molecule has 1 aromatic heterocycles. The summed E-state index contributed by atoms with van der Waals surface area (Å²) in [5.74, 6) is -0.947. The number of nitrogens with zero attached hydrogens (tertiary/aromatic N) is 1. The molecule has 1 saturated carbocycles. The lowest BCUT2D eigenvalue weighted by Gasteiger charge is -2.26. The number of carbonyl (C=O) groups is 1. The van der Waals surface area contributed by atoms with Gasteiger partial charge in [0.05, 0.1) is 0 Å². The molecular formula is C12H18N2O2S2. The van der Waals surface area contributed by atoms with Crippen molar-refractivity contribution in [1.82, 2.24) is 4.98 Å². The Morgan fingerprint density at radius 3 is 2.72 bits per heavy atom. The highest BCUT2D eigenvalue weighted by Crippen LogP contribution is 2.40. The molecule has 0 spiro atoms. The molecule has 100 valence electrons. The fourth-order valence-electron chi connectivity index (χ4n) is 2.38. The van der Waals surface area contributed by atoms with Crippen molar-refractivity contribution in [3.8, 4) is 0 Å². The summed E-state index contributed by atoms with van der Waals surface area (Å²) in [6.45, 7) is 2.67. The van der Waals surface area contributed by atoms with Crippen LogP contribution in [0.3, 0.4) is 0 Å². The van der Waals surface area contributed by atoms with E-state index < -0.39 is 5.97 Å². The van der Waals surface area contributed by atoms with Crippen molar-refractivity contribution >= 4 is 34.2 Å². The zero-order valence-corrected chi connectivity index (χ0v) is 12.3. The minimum Gasteiger partial charge on any atom is -0.476 e. The second-order valence-corrected chi connectivity index (χ2v) is 7.15. The molecule has 0 atom stereocenters. The largest absolute Gasteiger partial charge is 0.476 e. The lowest BCUT2D eigenvalue weighted by Crippen LogP contribution is -2.29. The third-order valence-corrected chi connectivity index (χ3v) is 5.86. The fraction of sp³-hybridized carbons (Fsp3) is 0.667. The zero-order chi connectivity index (χ0) is 13.2. The molecule has 1 heterocycles. The number of hydrogen-bond donors (Lipinski definition) is 2. The van der Waals surface area contributed by atoms with Crippen LogP contribution in [0, 0.1) is 6.92 Å². The molecule has 6 heteroatoms. The van der Waals surface area contributed by atoms with E-state index in [0.29, 0.717) is 4.75 Å². The molecule has 1 fully saturated rings. The lowest BCUT2D eigenvalue weighted by molar-refractivity contribution is 0.0690. The van der Waals surface area contributed by atoms with Gasteiger partial charge in [0.25, 0.3) is 0 Å². The van der Waals surface area contributed by atoms with Gasteiger partial charge in [0.2, 0.25) is 0 Å². The molecule has 2 rings (SSSR count). The number of aromatic carboxylic acids is 1. The highest BCUT2D eigenvalue weighted by atomic mass is 32.2. The molecule has 2 N–H and O–H groups in total. The van der Waals surface area contributed by atoms with Crippen LogP contribution in [0.4, 0.5) is 5.13 Å². The second kappa shape index (κ2) is 5.48. The molecule has 0 aliphatic heterocycles. The number of nitrogens with one attached hydrogen (secondary N) is 1. The maximum absolute atomic E-state index is 10.9. The van der Waals surface area contributed by atoms with Crippen molar-refractivity contribution in [3.05, 3.63) is 10.6 Å². The van der Waals surface area contributed by atoms with E-state index in [2.05, 4.69) is 16.6 Å². The highest BCUT2D eigenvalue weighted by molar-refractivity contribution is 8.00. The topological polar surface area (TPSA) is 62.2 Å². The number of rotatable bonds is 5. The average molecular weight is 286 g/mol. The van der Waals surface area contributed by atoms with Gasteiger partial charge >= 0.3 is 5.97 Å². The summed E-state index contributed by atoms with van der Waals surface area (Å²) in [7, 11) is 0.